The Bertz CT molecular complexity index is 5910. The molecule has 0 saturated heterocycles. The summed E-state index contributed by atoms with van der Waals surface area (Å²) in [6.45, 7) is 0. The summed E-state index contributed by atoms with van der Waals surface area (Å²) in [5, 5.41) is 70.1. The van der Waals surface area contributed by atoms with Gasteiger partial charge in [-0.2, -0.15) is 31.6 Å². The van der Waals surface area contributed by atoms with Crippen LogP contribution in [-0.2, 0) is 0 Å². The fourth-order valence-corrected chi connectivity index (χ4v) is 13.7. The SMILES string of the molecule is N#Cc1ccc2c(c1)c1cc(C#N)ccc1n2-c1nc(N2c3ccccc3Oc3ccccc32)c(-n2c3ccc(C#N)cc3c3cc(C#N)ccc32)c(-c2cccc3c4ccccc4n(-c4ccccc4)c23)c1-n1c2ccc(C#N)cc2c2cc(C#N)ccc21. The van der Waals surface area contributed by atoms with Gasteiger partial charge in [0.25, 0.3) is 0 Å². The Morgan fingerprint density at radius 3 is 1.11 bits per heavy atom. The standard InChI is InChI=1S/C77H38N12O/c78-39-45-21-27-62-55(33-45)56-34-46(40-79)22-28-63(56)86(62)74-72(54-15-10-14-53-52-13-4-5-16-61(52)85(73(53)54)51-11-2-1-3-12-51)75(87-64-29-23-47(41-80)35-57(64)58-36-48(42-81)24-30-65(58)87)77(89-68-17-6-8-19-70(68)90-71-20-9-7-18-69(71)89)84-76(74)88-66-31-25-49(43-82)37-59(66)60-38-50(44-83)26-32-67(60)88/h1-38H. The second-order valence-corrected chi connectivity index (χ2v) is 22.2. The molecule has 0 atom stereocenters. The van der Waals surface area contributed by atoms with E-state index >= 15 is 0 Å². The third-order valence-corrected chi connectivity index (χ3v) is 17.5. The Morgan fingerprint density at radius 1 is 0.300 bits per heavy atom. The molecule has 0 radical (unpaired) electrons. The molecule has 1 aliphatic rings. The Labute approximate surface area is 512 Å². The zero-order chi connectivity index (χ0) is 60.5. The minimum Gasteiger partial charge on any atom is -0.453 e. The zero-order valence-corrected chi connectivity index (χ0v) is 47.2. The van der Waals surface area contributed by atoms with Crippen LogP contribution >= 0.6 is 0 Å². The third-order valence-electron chi connectivity index (χ3n) is 17.5. The minimum absolute atomic E-state index is 0.420. The fourth-order valence-electron chi connectivity index (χ4n) is 13.7. The van der Waals surface area contributed by atoms with Crippen LogP contribution in [0, 0.1) is 68.0 Å². The molecular weight excluding hydrogens is 1110 g/mol. The Balaban J connectivity index is 1.23. The van der Waals surface area contributed by atoms with Gasteiger partial charge in [0, 0.05) is 59.9 Å². The Morgan fingerprint density at radius 2 is 0.667 bits per heavy atom. The van der Waals surface area contributed by atoms with Gasteiger partial charge in [-0.25, -0.2) is 4.98 Å². The van der Waals surface area contributed by atoms with Crippen molar-refractivity contribution in [3.8, 4) is 81.9 Å². The topological polar surface area (TPSA) is 188 Å². The number of fused-ring (bicyclic) bond motifs is 14. The third kappa shape index (κ3) is 7.21. The quantitative estimate of drug-likeness (QED) is 0.156. The van der Waals surface area contributed by atoms with E-state index in [0.29, 0.717) is 139 Å². The normalized spacial score (nSPS) is 11.8. The molecule has 0 aliphatic carbocycles. The van der Waals surface area contributed by atoms with Gasteiger partial charge in [-0.05, 0) is 152 Å². The number of nitrogens with zero attached hydrogens (tertiary/aromatic N) is 12. The van der Waals surface area contributed by atoms with Gasteiger partial charge in [0.2, 0.25) is 0 Å². The lowest BCUT2D eigenvalue weighted by Gasteiger charge is -2.35. The smallest absolute Gasteiger partial charge is 0.165 e. The Hall–Kier alpha value is -13.7. The highest BCUT2D eigenvalue weighted by molar-refractivity contribution is 6.20. The van der Waals surface area contributed by atoms with Gasteiger partial charge in [-0.1, -0.05) is 78.9 Å². The number of anilines is 3. The van der Waals surface area contributed by atoms with Crippen LogP contribution < -0.4 is 9.64 Å². The molecule has 0 bridgehead atoms. The van der Waals surface area contributed by atoms with Crippen molar-refractivity contribution in [3.05, 3.63) is 264 Å². The van der Waals surface area contributed by atoms with Crippen LogP contribution in [0.15, 0.2) is 231 Å². The minimum atomic E-state index is 0.420. The number of para-hydroxylation sites is 7. The largest absolute Gasteiger partial charge is 0.453 e. The van der Waals surface area contributed by atoms with Gasteiger partial charge in [0.1, 0.15) is 11.4 Å². The van der Waals surface area contributed by atoms with Crippen LogP contribution in [0.3, 0.4) is 0 Å². The number of pyridine rings is 1. The molecule has 0 spiro atoms. The molecule has 5 aromatic heterocycles. The summed E-state index contributed by atoms with van der Waals surface area (Å²) < 4.78 is 15.7. The molecule has 13 heteroatoms. The summed E-state index contributed by atoms with van der Waals surface area (Å²) in [4.78, 5) is 8.48. The van der Waals surface area contributed by atoms with E-state index in [-0.39, 0.29) is 0 Å². The van der Waals surface area contributed by atoms with E-state index in [1.54, 1.807) is 24.3 Å². The average molecular weight is 1150 g/mol. The predicted octanol–water partition coefficient (Wildman–Crippen LogP) is 17.9. The summed E-state index contributed by atoms with van der Waals surface area (Å²) in [5.41, 5.74) is 13.4. The number of benzene rings is 11. The summed E-state index contributed by atoms with van der Waals surface area (Å²) in [5.74, 6) is 1.99. The first-order valence-electron chi connectivity index (χ1n) is 28.9. The monoisotopic (exact) mass is 1150 g/mol. The highest BCUT2D eigenvalue weighted by atomic mass is 16.5. The molecule has 0 amide bonds. The first-order valence-corrected chi connectivity index (χ1v) is 28.9. The summed E-state index contributed by atoms with van der Waals surface area (Å²) >= 11 is 0. The molecule has 6 heterocycles. The maximum atomic E-state index is 10.7. The maximum absolute atomic E-state index is 10.7. The zero-order valence-electron chi connectivity index (χ0n) is 47.2. The summed E-state index contributed by atoms with van der Waals surface area (Å²) in [6.07, 6.45) is 0. The highest BCUT2D eigenvalue weighted by Crippen LogP contribution is 2.57. The van der Waals surface area contributed by atoms with Crippen molar-refractivity contribution in [1.29, 1.82) is 31.6 Å². The van der Waals surface area contributed by atoms with E-state index < -0.39 is 0 Å². The van der Waals surface area contributed by atoms with Crippen molar-refractivity contribution in [2.45, 2.75) is 0 Å². The van der Waals surface area contributed by atoms with Crippen LogP contribution in [0.2, 0.25) is 0 Å². The van der Waals surface area contributed by atoms with Crippen molar-refractivity contribution in [3.63, 3.8) is 0 Å². The molecule has 1 aliphatic heterocycles. The van der Waals surface area contributed by atoms with Gasteiger partial charge in [-0.3, -0.25) is 9.47 Å². The van der Waals surface area contributed by atoms with Crippen LogP contribution in [0.5, 0.6) is 11.5 Å². The average Bonchev–Trinajstić information content (AvgIpc) is 1.42. The van der Waals surface area contributed by atoms with Crippen LogP contribution in [0.1, 0.15) is 33.4 Å². The van der Waals surface area contributed by atoms with Gasteiger partial charge in [-0.15, -0.1) is 0 Å². The molecule has 13 nitrogen and oxygen atoms in total. The molecule has 90 heavy (non-hydrogen) atoms. The lowest BCUT2D eigenvalue weighted by Crippen LogP contribution is -2.22. The number of hydrogen-bond acceptors (Lipinski definition) is 9. The van der Waals surface area contributed by atoms with Crippen molar-refractivity contribution >= 4 is 104 Å². The molecule has 412 valence electrons. The van der Waals surface area contributed by atoms with Crippen LogP contribution in [-0.4, -0.2) is 23.3 Å². The first-order chi connectivity index (χ1) is 44.4. The van der Waals surface area contributed by atoms with Gasteiger partial charge in [0.15, 0.2) is 23.1 Å². The number of hydrogen-bond donors (Lipinski definition) is 0. The molecule has 0 fully saturated rings. The maximum Gasteiger partial charge on any atom is 0.165 e. The number of ether oxygens (including phenoxy) is 1. The van der Waals surface area contributed by atoms with E-state index in [9.17, 15) is 31.6 Å². The van der Waals surface area contributed by atoms with Crippen molar-refractivity contribution in [2.75, 3.05) is 4.90 Å². The number of rotatable bonds is 6. The van der Waals surface area contributed by atoms with Crippen molar-refractivity contribution in [1.82, 2.24) is 23.3 Å². The lowest BCUT2D eigenvalue weighted by molar-refractivity contribution is 0.476. The number of nitriles is 6. The first kappa shape index (κ1) is 50.8. The molecular formula is C77H38N12O. The predicted molar refractivity (Wildman–Crippen MR) is 350 cm³/mol. The summed E-state index contributed by atoms with van der Waals surface area (Å²) in [7, 11) is 0. The van der Waals surface area contributed by atoms with Crippen LogP contribution in [0.4, 0.5) is 17.2 Å². The highest BCUT2D eigenvalue weighted by Gasteiger charge is 2.37. The van der Waals surface area contributed by atoms with Crippen molar-refractivity contribution in [2.24, 2.45) is 0 Å². The van der Waals surface area contributed by atoms with E-state index in [0.717, 1.165) is 43.8 Å². The molecule has 0 saturated carbocycles. The van der Waals surface area contributed by atoms with E-state index in [1.165, 1.54) is 0 Å². The second kappa shape index (κ2) is 19.4. The summed E-state index contributed by atoms with van der Waals surface area (Å²) in [6, 6.07) is 88.9. The molecule has 11 aromatic carbocycles. The van der Waals surface area contributed by atoms with Gasteiger partial charge in [0.05, 0.1) is 125 Å². The molecule has 17 rings (SSSR count). The van der Waals surface area contributed by atoms with Crippen molar-refractivity contribution < 1.29 is 4.74 Å². The lowest BCUT2D eigenvalue weighted by atomic mass is 9.97. The molecule has 16 aromatic rings. The number of aromatic nitrogens is 5. The van der Waals surface area contributed by atoms with Gasteiger partial charge >= 0.3 is 0 Å². The van der Waals surface area contributed by atoms with E-state index in [1.807, 2.05) is 152 Å². The fraction of sp³-hybridized carbons (Fsp3) is 0. The van der Waals surface area contributed by atoms with E-state index in [4.69, 9.17) is 9.72 Å². The van der Waals surface area contributed by atoms with Crippen LogP contribution in [0.25, 0.3) is 121 Å². The second-order valence-electron chi connectivity index (χ2n) is 22.2. The van der Waals surface area contributed by atoms with E-state index in [2.05, 4.69) is 114 Å². The van der Waals surface area contributed by atoms with Gasteiger partial charge < -0.3 is 18.4 Å². The molecule has 0 unspecified atom stereocenters. The molecule has 0 N–H and O–H groups in total. The Kier molecular flexibility index (Phi) is 11.0.